The molecule has 0 aromatic heterocycles. The van der Waals surface area contributed by atoms with E-state index >= 15 is 0 Å². The largest absolute Gasteiger partial charge is 0.289 e. The molecule has 0 amide bonds. The molecule has 2 heterocycles. The van der Waals surface area contributed by atoms with Crippen molar-refractivity contribution in [3.05, 3.63) is 77.4 Å². The SMILES string of the molecule is N#CCc1ccc(C2=CC3CCC(C2)N3Cc2ccccc2)cc1. The Balaban J connectivity index is 1.52. The number of rotatable bonds is 4. The zero-order chi connectivity index (χ0) is 16.4. The van der Waals surface area contributed by atoms with E-state index in [1.54, 1.807) is 0 Å². The maximum absolute atomic E-state index is 8.80. The van der Waals surface area contributed by atoms with Crippen LogP contribution in [-0.2, 0) is 13.0 Å². The zero-order valence-electron chi connectivity index (χ0n) is 13.9. The van der Waals surface area contributed by atoms with Crippen molar-refractivity contribution < 1.29 is 0 Å². The van der Waals surface area contributed by atoms with Crippen LogP contribution >= 0.6 is 0 Å². The monoisotopic (exact) mass is 314 g/mol. The van der Waals surface area contributed by atoms with Gasteiger partial charge in [0.2, 0.25) is 0 Å². The van der Waals surface area contributed by atoms with Gasteiger partial charge in [-0.05, 0) is 41.5 Å². The van der Waals surface area contributed by atoms with E-state index in [4.69, 9.17) is 5.26 Å². The number of fused-ring (bicyclic) bond motifs is 2. The molecule has 2 aromatic rings. The summed E-state index contributed by atoms with van der Waals surface area (Å²) in [6.45, 7) is 1.06. The molecule has 2 heteroatoms. The molecule has 4 rings (SSSR count). The Kier molecular flexibility index (Phi) is 4.19. The molecule has 120 valence electrons. The van der Waals surface area contributed by atoms with E-state index in [0.29, 0.717) is 18.5 Å². The zero-order valence-corrected chi connectivity index (χ0v) is 13.9. The van der Waals surface area contributed by atoms with Gasteiger partial charge in [-0.3, -0.25) is 4.90 Å². The van der Waals surface area contributed by atoms with Crippen molar-refractivity contribution in [1.82, 2.24) is 4.90 Å². The van der Waals surface area contributed by atoms with Gasteiger partial charge in [0.25, 0.3) is 0 Å². The van der Waals surface area contributed by atoms with Crippen molar-refractivity contribution in [2.45, 2.75) is 44.3 Å². The molecule has 2 atom stereocenters. The van der Waals surface area contributed by atoms with Gasteiger partial charge in [-0.1, -0.05) is 60.7 Å². The van der Waals surface area contributed by atoms with Gasteiger partial charge in [0.05, 0.1) is 12.5 Å². The second-order valence-corrected chi connectivity index (χ2v) is 6.88. The highest BCUT2D eigenvalue weighted by Gasteiger charge is 2.36. The lowest BCUT2D eigenvalue weighted by atomic mass is 9.93. The van der Waals surface area contributed by atoms with Crippen molar-refractivity contribution in [2.75, 3.05) is 0 Å². The first-order valence-corrected chi connectivity index (χ1v) is 8.80. The fraction of sp³-hybridized carbons (Fsp3) is 0.318. The van der Waals surface area contributed by atoms with Crippen LogP contribution in [0.2, 0.25) is 0 Å². The number of hydrogen-bond donors (Lipinski definition) is 0. The molecule has 0 spiro atoms. The molecular weight excluding hydrogens is 292 g/mol. The first-order chi connectivity index (χ1) is 11.8. The second-order valence-electron chi connectivity index (χ2n) is 6.88. The van der Waals surface area contributed by atoms with Gasteiger partial charge in [-0.15, -0.1) is 0 Å². The van der Waals surface area contributed by atoms with Crippen molar-refractivity contribution in [1.29, 1.82) is 5.26 Å². The lowest BCUT2D eigenvalue weighted by Crippen LogP contribution is -2.37. The lowest BCUT2D eigenvalue weighted by molar-refractivity contribution is 0.203. The molecule has 0 radical (unpaired) electrons. The summed E-state index contributed by atoms with van der Waals surface area (Å²) in [6, 6.07) is 22.8. The Morgan fingerprint density at radius 1 is 0.958 bits per heavy atom. The quantitative estimate of drug-likeness (QED) is 0.826. The minimum absolute atomic E-state index is 0.495. The van der Waals surface area contributed by atoms with Crippen LogP contribution in [0, 0.1) is 11.3 Å². The highest BCUT2D eigenvalue weighted by Crippen LogP contribution is 2.39. The first-order valence-electron chi connectivity index (χ1n) is 8.80. The highest BCUT2D eigenvalue weighted by molar-refractivity contribution is 5.68. The Hall–Kier alpha value is -2.37. The van der Waals surface area contributed by atoms with Gasteiger partial charge in [0.15, 0.2) is 0 Å². The Morgan fingerprint density at radius 3 is 2.46 bits per heavy atom. The van der Waals surface area contributed by atoms with Gasteiger partial charge < -0.3 is 0 Å². The third kappa shape index (κ3) is 3.00. The molecule has 0 aliphatic carbocycles. The molecular formula is C22H22N2. The molecule has 2 aromatic carbocycles. The van der Waals surface area contributed by atoms with E-state index in [9.17, 15) is 0 Å². The summed E-state index contributed by atoms with van der Waals surface area (Å²) in [5, 5.41) is 8.80. The van der Waals surface area contributed by atoms with Crippen LogP contribution in [-0.4, -0.2) is 17.0 Å². The Morgan fingerprint density at radius 2 is 1.75 bits per heavy atom. The van der Waals surface area contributed by atoms with Gasteiger partial charge in [-0.2, -0.15) is 5.26 Å². The van der Waals surface area contributed by atoms with Crippen LogP contribution in [0.3, 0.4) is 0 Å². The van der Waals surface area contributed by atoms with Gasteiger partial charge in [0, 0.05) is 18.6 Å². The number of benzene rings is 2. The summed E-state index contributed by atoms with van der Waals surface area (Å²) in [5.74, 6) is 0. The molecule has 0 N–H and O–H groups in total. The summed E-state index contributed by atoms with van der Waals surface area (Å²) < 4.78 is 0. The van der Waals surface area contributed by atoms with E-state index in [-0.39, 0.29) is 0 Å². The minimum atomic E-state index is 0.495. The summed E-state index contributed by atoms with van der Waals surface area (Å²) in [6.07, 6.45) is 6.68. The summed E-state index contributed by atoms with van der Waals surface area (Å²) in [4.78, 5) is 2.67. The first kappa shape index (κ1) is 15.2. The summed E-state index contributed by atoms with van der Waals surface area (Å²) in [7, 11) is 0. The van der Waals surface area contributed by atoms with E-state index in [1.165, 1.54) is 29.5 Å². The van der Waals surface area contributed by atoms with E-state index in [2.05, 4.69) is 71.6 Å². The maximum Gasteiger partial charge on any atom is 0.0669 e. The summed E-state index contributed by atoms with van der Waals surface area (Å²) in [5.41, 5.74) is 5.32. The molecule has 2 nitrogen and oxygen atoms in total. The van der Waals surface area contributed by atoms with E-state index in [1.807, 2.05) is 0 Å². The minimum Gasteiger partial charge on any atom is -0.289 e. The van der Waals surface area contributed by atoms with Crippen molar-refractivity contribution in [2.24, 2.45) is 0 Å². The standard InChI is InChI=1S/C22H22N2/c23-13-12-17-6-8-19(9-7-17)20-14-21-10-11-22(15-20)24(21)16-18-4-2-1-3-5-18/h1-9,14,21-22H,10-12,15-16H2. The fourth-order valence-electron chi connectivity index (χ4n) is 4.10. The molecule has 1 fully saturated rings. The normalized spacial score (nSPS) is 22.9. The van der Waals surface area contributed by atoms with Crippen molar-refractivity contribution in [3.8, 4) is 6.07 Å². The third-order valence-electron chi connectivity index (χ3n) is 5.36. The van der Waals surface area contributed by atoms with Crippen molar-refractivity contribution in [3.63, 3.8) is 0 Å². The predicted octanol–water partition coefficient (Wildman–Crippen LogP) is 4.57. The van der Waals surface area contributed by atoms with Crippen LogP contribution in [0.1, 0.15) is 36.0 Å². The number of nitrogens with zero attached hydrogens (tertiary/aromatic N) is 2. The smallest absolute Gasteiger partial charge is 0.0669 e. The van der Waals surface area contributed by atoms with Crippen LogP contribution in [0.25, 0.3) is 5.57 Å². The van der Waals surface area contributed by atoms with Crippen molar-refractivity contribution >= 4 is 5.57 Å². The Labute approximate surface area is 144 Å². The molecule has 2 bridgehead atoms. The Bertz CT molecular complexity index is 768. The van der Waals surface area contributed by atoms with E-state index < -0.39 is 0 Å². The molecule has 2 aliphatic heterocycles. The predicted molar refractivity (Wildman–Crippen MR) is 97.1 cm³/mol. The van der Waals surface area contributed by atoms with Crippen LogP contribution in [0.15, 0.2) is 60.7 Å². The molecule has 2 aliphatic rings. The molecule has 2 unspecified atom stereocenters. The van der Waals surface area contributed by atoms with Gasteiger partial charge in [0.1, 0.15) is 0 Å². The second kappa shape index (κ2) is 6.63. The molecule has 0 saturated carbocycles. The van der Waals surface area contributed by atoms with E-state index in [0.717, 1.165) is 18.5 Å². The van der Waals surface area contributed by atoms with Gasteiger partial charge >= 0.3 is 0 Å². The van der Waals surface area contributed by atoms with Gasteiger partial charge in [-0.25, -0.2) is 0 Å². The highest BCUT2D eigenvalue weighted by atomic mass is 15.2. The average Bonchev–Trinajstić information content (AvgIpc) is 2.85. The third-order valence-corrected chi connectivity index (χ3v) is 5.36. The average molecular weight is 314 g/mol. The summed E-state index contributed by atoms with van der Waals surface area (Å²) >= 11 is 0. The molecule has 24 heavy (non-hydrogen) atoms. The lowest BCUT2D eigenvalue weighted by Gasteiger charge is -2.34. The van der Waals surface area contributed by atoms with Crippen LogP contribution in [0.5, 0.6) is 0 Å². The molecule has 1 saturated heterocycles. The fourth-order valence-corrected chi connectivity index (χ4v) is 4.10. The maximum atomic E-state index is 8.80. The topological polar surface area (TPSA) is 27.0 Å². The number of hydrogen-bond acceptors (Lipinski definition) is 2. The van der Waals surface area contributed by atoms with Crippen LogP contribution < -0.4 is 0 Å². The number of nitriles is 1. The van der Waals surface area contributed by atoms with Crippen LogP contribution in [0.4, 0.5) is 0 Å².